The number of nitrogens with one attached hydrogen (secondary N) is 1. The molecule has 0 bridgehead atoms. The van der Waals surface area contributed by atoms with Crippen LogP contribution >= 0.6 is 0 Å². The van der Waals surface area contributed by atoms with E-state index in [1.807, 2.05) is 0 Å². The van der Waals surface area contributed by atoms with Crippen LogP contribution in [0.15, 0.2) is 29.4 Å². The van der Waals surface area contributed by atoms with Gasteiger partial charge in [0.15, 0.2) is 0 Å². The van der Waals surface area contributed by atoms with Crippen LogP contribution < -0.4 is 4.13 Å². The smallest absolute Gasteiger partial charge is 0.255 e. The second-order valence-electron chi connectivity index (χ2n) is 4.00. The third kappa shape index (κ3) is 3.48. The van der Waals surface area contributed by atoms with Crippen LogP contribution in [0.5, 0.6) is 0 Å². The molecule has 1 aromatic heterocycles. The minimum absolute atomic E-state index is 0.0941. The van der Waals surface area contributed by atoms with Gasteiger partial charge in [-0.25, -0.2) is 16.8 Å². The fourth-order valence-electron chi connectivity index (χ4n) is 1.35. The Morgan fingerprint density at radius 1 is 1.29 bits per heavy atom. The predicted octanol–water partition coefficient (Wildman–Crippen LogP) is 0.0997. The molecule has 0 aliphatic heterocycles. The predicted molar refractivity (Wildman–Crippen MR) is 61.1 cm³/mol. The van der Waals surface area contributed by atoms with Gasteiger partial charge >= 0.3 is 0 Å². The van der Waals surface area contributed by atoms with Crippen LogP contribution in [0.2, 0.25) is 0 Å². The highest BCUT2D eigenvalue weighted by molar-refractivity contribution is 8.04. The van der Waals surface area contributed by atoms with E-state index in [1.165, 1.54) is 18.3 Å². The molecule has 2 rings (SSSR count). The lowest BCUT2D eigenvalue weighted by atomic mass is 10.5. The summed E-state index contributed by atoms with van der Waals surface area (Å²) >= 11 is 0. The van der Waals surface area contributed by atoms with E-state index in [4.69, 9.17) is 0 Å². The first-order chi connectivity index (χ1) is 7.89. The van der Waals surface area contributed by atoms with E-state index in [9.17, 15) is 16.8 Å². The SMILES string of the molecule is O=S(=O)(CC1CC1)NS(=O)(=O)c1cccnc1. The maximum atomic E-state index is 11.7. The maximum Gasteiger partial charge on any atom is 0.255 e. The Morgan fingerprint density at radius 3 is 2.53 bits per heavy atom. The van der Waals surface area contributed by atoms with E-state index in [0.717, 1.165) is 19.0 Å². The molecule has 94 valence electrons. The van der Waals surface area contributed by atoms with Gasteiger partial charge in [-0.2, -0.15) is 0 Å². The highest BCUT2D eigenvalue weighted by Crippen LogP contribution is 2.30. The number of sulfonamides is 2. The van der Waals surface area contributed by atoms with E-state index in [1.54, 1.807) is 4.13 Å². The summed E-state index contributed by atoms with van der Waals surface area (Å²) in [5.41, 5.74) is 0. The van der Waals surface area contributed by atoms with Crippen molar-refractivity contribution in [1.29, 1.82) is 0 Å². The van der Waals surface area contributed by atoms with Crippen molar-refractivity contribution in [3.8, 4) is 0 Å². The van der Waals surface area contributed by atoms with Gasteiger partial charge in [0.25, 0.3) is 10.0 Å². The molecule has 0 radical (unpaired) electrons. The van der Waals surface area contributed by atoms with Gasteiger partial charge in [-0.1, -0.05) is 0 Å². The average molecular weight is 276 g/mol. The Bertz CT molecular complexity index is 591. The molecule has 1 saturated carbocycles. The number of hydrogen-bond acceptors (Lipinski definition) is 5. The van der Waals surface area contributed by atoms with Gasteiger partial charge in [0.2, 0.25) is 10.0 Å². The molecular formula is C9H12N2O4S2. The lowest BCUT2D eigenvalue weighted by molar-refractivity contribution is 0.574. The molecule has 0 aromatic carbocycles. The molecule has 0 saturated heterocycles. The van der Waals surface area contributed by atoms with Gasteiger partial charge in [0.05, 0.1) is 5.75 Å². The Hall–Kier alpha value is -0.990. The van der Waals surface area contributed by atoms with Crippen LogP contribution in [-0.4, -0.2) is 27.6 Å². The summed E-state index contributed by atoms with van der Waals surface area (Å²) in [6, 6.07) is 2.73. The van der Waals surface area contributed by atoms with Crippen LogP contribution in [0.3, 0.4) is 0 Å². The third-order valence-corrected chi connectivity index (χ3v) is 6.00. The molecule has 6 nitrogen and oxygen atoms in total. The normalized spacial score (nSPS) is 16.9. The summed E-state index contributed by atoms with van der Waals surface area (Å²) in [4.78, 5) is 3.49. The highest BCUT2D eigenvalue weighted by Gasteiger charge is 2.31. The van der Waals surface area contributed by atoms with Gasteiger partial charge in [-0.3, -0.25) is 4.98 Å². The fourth-order valence-corrected chi connectivity index (χ4v) is 4.76. The minimum atomic E-state index is -4.04. The molecule has 0 atom stereocenters. The zero-order valence-corrected chi connectivity index (χ0v) is 10.5. The standard InChI is InChI=1S/C9H12N2O4S2/c12-16(13,7-8-3-4-8)11-17(14,15)9-2-1-5-10-6-9/h1-2,5-6,8,11H,3-4,7H2. The van der Waals surface area contributed by atoms with Crippen LogP contribution in [-0.2, 0) is 20.0 Å². The van der Waals surface area contributed by atoms with Crippen molar-refractivity contribution in [2.75, 3.05) is 5.75 Å². The van der Waals surface area contributed by atoms with E-state index < -0.39 is 20.0 Å². The summed E-state index contributed by atoms with van der Waals surface area (Å²) in [5.74, 6) is -0.0384. The number of rotatable bonds is 5. The second-order valence-corrected chi connectivity index (χ2v) is 7.71. The van der Waals surface area contributed by atoms with E-state index in [0.29, 0.717) is 0 Å². The molecule has 0 spiro atoms. The average Bonchev–Trinajstić information content (AvgIpc) is 3.00. The van der Waals surface area contributed by atoms with E-state index in [-0.39, 0.29) is 16.6 Å². The summed E-state index contributed by atoms with van der Waals surface area (Å²) in [5, 5.41) is 0. The number of nitrogens with zero attached hydrogens (tertiary/aromatic N) is 1. The monoisotopic (exact) mass is 276 g/mol. The first-order valence-corrected chi connectivity index (χ1v) is 8.19. The Kier molecular flexibility index (Phi) is 3.19. The maximum absolute atomic E-state index is 11.7. The lowest BCUT2D eigenvalue weighted by Gasteiger charge is -2.06. The third-order valence-electron chi connectivity index (χ3n) is 2.33. The summed E-state index contributed by atoms with van der Waals surface area (Å²) in [6.45, 7) is 0. The van der Waals surface area contributed by atoms with Crippen molar-refractivity contribution in [3.05, 3.63) is 24.5 Å². The van der Waals surface area contributed by atoms with Gasteiger partial charge in [-0.15, -0.1) is 4.13 Å². The van der Waals surface area contributed by atoms with Gasteiger partial charge in [0.1, 0.15) is 4.90 Å². The second kappa shape index (κ2) is 4.35. The number of hydrogen-bond donors (Lipinski definition) is 1. The van der Waals surface area contributed by atoms with Crippen molar-refractivity contribution in [1.82, 2.24) is 9.11 Å². The van der Waals surface area contributed by atoms with Gasteiger partial charge in [-0.05, 0) is 30.9 Å². The van der Waals surface area contributed by atoms with Crippen molar-refractivity contribution in [3.63, 3.8) is 0 Å². The molecule has 1 aromatic rings. The first kappa shape index (κ1) is 12.5. The Labute approximate surface area is 100 Å². The summed E-state index contributed by atoms with van der Waals surface area (Å²) in [7, 11) is -7.83. The van der Waals surface area contributed by atoms with Crippen molar-refractivity contribution in [2.24, 2.45) is 5.92 Å². The summed E-state index contributed by atoms with van der Waals surface area (Å²) < 4.78 is 48.3. The molecule has 1 heterocycles. The van der Waals surface area contributed by atoms with Crippen LogP contribution in [0.1, 0.15) is 12.8 Å². The molecule has 8 heteroatoms. The quantitative estimate of drug-likeness (QED) is 0.823. The zero-order valence-electron chi connectivity index (χ0n) is 8.90. The summed E-state index contributed by atoms with van der Waals surface area (Å²) in [6.07, 6.45) is 4.20. The number of pyridine rings is 1. The molecule has 0 amide bonds. The molecule has 1 fully saturated rings. The van der Waals surface area contributed by atoms with Crippen molar-refractivity contribution < 1.29 is 16.8 Å². The largest absolute Gasteiger partial charge is 0.263 e. The topological polar surface area (TPSA) is 93.2 Å². The minimum Gasteiger partial charge on any atom is -0.263 e. The lowest BCUT2D eigenvalue weighted by Crippen LogP contribution is -2.33. The van der Waals surface area contributed by atoms with Gasteiger partial charge < -0.3 is 0 Å². The van der Waals surface area contributed by atoms with Crippen molar-refractivity contribution in [2.45, 2.75) is 17.7 Å². The molecule has 1 N–H and O–H groups in total. The molecule has 1 aliphatic rings. The molecular weight excluding hydrogens is 264 g/mol. The Morgan fingerprint density at radius 2 is 2.00 bits per heavy atom. The van der Waals surface area contributed by atoms with Gasteiger partial charge in [0, 0.05) is 12.4 Å². The zero-order chi connectivity index (χ0) is 12.5. The molecule has 17 heavy (non-hydrogen) atoms. The first-order valence-electron chi connectivity index (χ1n) is 5.05. The van der Waals surface area contributed by atoms with Crippen molar-refractivity contribution >= 4 is 20.0 Å². The van der Waals surface area contributed by atoms with E-state index in [2.05, 4.69) is 4.98 Å². The Balaban J connectivity index is 2.17. The van der Waals surface area contributed by atoms with Crippen LogP contribution in [0.4, 0.5) is 0 Å². The van der Waals surface area contributed by atoms with Crippen LogP contribution in [0.25, 0.3) is 0 Å². The molecule has 1 aliphatic carbocycles. The fraction of sp³-hybridized carbons (Fsp3) is 0.444. The highest BCUT2D eigenvalue weighted by atomic mass is 32.3. The number of aromatic nitrogens is 1. The molecule has 0 unspecified atom stereocenters. The van der Waals surface area contributed by atoms with E-state index >= 15 is 0 Å². The van der Waals surface area contributed by atoms with Crippen LogP contribution in [0, 0.1) is 5.92 Å².